The first-order valence-corrected chi connectivity index (χ1v) is 20.3. The fourth-order valence-corrected chi connectivity index (χ4v) is 8.60. The van der Waals surface area contributed by atoms with Crippen LogP contribution in [0.5, 0.6) is 5.88 Å². The van der Waals surface area contributed by atoms with Gasteiger partial charge in [-0.2, -0.15) is 4.98 Å². The Hall–Kier alpha value is -5.42. The highest BCUT2D eigenvalue weighted by Crippen LogP contribution is 2.45. The molecule has 0 spiro atoms. The first kappa shape index (κ1) is 38.8. The molecule has 0 unspecified atom stereocenters. The maximum Gasteiger partial charge on any atom is 0.408 e. The Morgan fingerprint density at radius 3 is 2.48 bits per heavy atom. The summed E-state index contributed by atoms with van der Waals surface area (Å²) in [5, 5.41) is 9.31. The molecule has 7 rings (SSSR count). The molecule has 3 aliphatic rings. The highest BCUT2D eigenvalue weighted by Gasteiger charge is 2.61. The highest BCUT2D eigenvalue weighted by atomic mass is 32.1. The third-order valence-corrected chi connectivity index (χ3v) is 12.1. The van der Waals surface area contributed by atoms with Crippen LogP contribution in [0.3, 0.4) is 0 Å². The number of carbonyl (C=O) groups excluding carboxylic acids is 5. The second-order valence-electron chi connectivity index (χ2n) is 15.3. The van der Waals surface area contributed by atoms with E-state index in [-0.39, 0.29) is 31.4 Å². The summed E-state index contributed by atoms with van der Waals surface area (Å²) in [5.41, 5.74) is 3.86. The lowest BCUT2D eigenvalue weighted by Gasteiger charge is -2.35. The number of hydrazine groups is 1. The molecule has 1 saturated heterocycles. The Kier molecular flexibility index (Phi) is 11.1. The smallest absolute Gasteiger partial charge is 0.408 e. The number of hydrogen-bond acceptors (Lipinski definition) is 12. The number of fused-ring (bicyclic) bond motifs is 1. The second kappa shape index (κ2) is 16.0. The van der Waals surface area contributed by atoms with Gasteiger partial charge in [-0.15, -0.1) is 29.3 Å². The molecule has 0 aromatic carbocycles. The van der Waals surface area contributed by atoms with Gasteiger partial charge in [0.2, 0.25) is 17.7 Å². The molecule has 5 heterocycles. The fraction of sp³-hybridized carbons (Fsp3) is 0.436. The molecular weight excluding hydrogens is 757 g/mol. The lowest BCUT2D eigenvalue weighted by molar-refractivity contribution is -0.143. The third kappa shape index (κ3) is 8.23. The third-order valence-electron chi connectivity index (χ3n) is 10.3. The van der Waals surface area contributed by atoms with Crippen molar-refractivity contribution in [1.82, 2.24) is 41.3 Å². The van der Waals surface area contributed by atoms with Crippen molar-refractivity contribution in [2.24, 2.45) is 11.3 Å². The van der Waals surface area contributed by atoms with Gasteiger partial charge >= 0.3 is 6.09 Å². The summed E-state index contributed by atoms with van der Waals surface area (Å²) in [5.74, 6) is -2.04. The number of likely N-dealkylation sites (tertiary alicyclic amines) is 1. The predicted octanol–water partition coefficient (Wildman–Crippen LogP) is 4.77. The van der Waals surface area contributed by atoms with Crippen molar-refractivity contribution in [3.05, 3.63) is 70.9 Å². The van der Waals surface area contributed by atoms with Crippen LogP contribution in [0.25, 0.3) is 21.7 Å². The Bertz CT molecular complexity index is 2120. The normalized spacial score (nSPS) is 22.6. The molecule has 2 aliphatic carbocycles. The number of amides is 5. The lowest BCUT2D eigenvalue weighted by atomic mass is 9.85. The molecule has 4 aromatic rings. The summed E-state index contributed by atoms with van der Waals surface area (Å²) in [4.78, 5) is 84.0. The Morgan fingerprint density at radius 2 is 1.80 bits per heavy atom. The highest BCUT2D eigenvalue weighted by molar-refractivity contribution is 7.17. The van der Waals surface area contributed by atoms with Crippen molar-refractivity contribution in [3.63, 3.8) is 0 Å². The number of carbonyl (C=O) groups is 5. The number of nitrogens with zero attached hydrogens (tertiary/aromatic N) is 4. The van der Waals surface area contributed by atoms with E-state index in [2.05, 4.69) is 38.0 Å². The van der Waals surface area contributed by atoms with Gasteiger partial charge in [-0.25, -0.2) is 9.78 Å². The van der Waals surface area contributed by atoms with Crippen LogP contribution in [0.2, 0.25) is 0 Å². The zero-order valence-corrected chi connectivity index (χ0v) is 32.9. The minimum atomic E-state index is -1.42. The first-order valence-electron chi connectivity index (χ1n) is 18.6. The van der Waals surface area contributed by atoms with Crippen LogP contribution in [0.4, 0.5) is 4.79 Å². The summed E-state index contributed by atoms with van der Waals surface area (Å²) in [6.07, 6.45) is 5.30. The average molecular weight is 801 g/mol. The van der Waals surface area contributed by atoms with Gasteiger partial charge in [0.1, 0.15) is 40.2 Å². The molecule has 5 amide bonds. The number of alkyl carbamates (subject to hydrolysis) is 1. The van der Waals surface area contributed by atoms with E-state index in [9.17, 15) is 24.0 Å². The quantitative estimate of drug-likeness (QED) is 0.121. The van der Waals surface area contributed by atoms with Crippen molar-refractivity contribution in [1.29, 1.82) is 0 Å². The average Bonchev–Trinajstić information content (AvgIpc) is 3.84. The molecule has 3 fully saturated rings. The van der Waals surface area contributed by atoms with Crippen molar-refractivity contribution >= 4 is 62.6 Å². The van der Waals surface area contributed by atoms with Crippen LogP contribution in [0, 0.1) is 11.3 Å². The summed E-state index contributed by atoms with van der Waals surface area (Å²) in [6, 6.07) is 8.42. The molecule has 1 aliphatic heterocycles. The molecule has 17 heteroatoms. The number of nitrogens with one attached hydrogen (secondary N) is 4. The molecule has 4 N–H and O–H groups in total. The largest absolute Gasteiger partial charge is 0.471 e. The van der Waals surface area contributed by atoms with E-state index in [1.54, 1.807) is 41.9 Å². The van der Waals surface area contributed by atoms with E-state index in [0.717, 1.165) is 25.7 Å². The topological polar surface area (TPSA) is 194 Å². The van der Waals surface area contributed by atoms with Gasteiger partial charge in [0.25, 0.3) is 11.8 Å². The number of thiophene rings is 2. The van der Waals surface area contributed by atoms with Crippen LogP contribution >= 0.6 is 22.7 Å². The summed E-state index contributed by atoms with van der Waals surface area (Å²) in [7, 11) is 0. The van der Waals surface area contributed by atoms with Crippen LogP contribution in [0.15, 0.2) is 66.0 Å². The standard InChI is InChI=1S/C39H44N8O7S2/c1-5-22-20-39(22,36(51)46-45-33(49)28-14-10-17-55-28)44-32(48)27-19-24(53-34-29-25(15-18-56-29)41-31(43-34)26-13-8-9-16-40-26)21-47(27)35(50)30(38(2,3)4)42-37(52)54-23-11-6-7-12-23/h5,8-10,13-18,22-24,27,30H,1,6-7,11-12,19-21H2,2-4H3,(H,42,52)(H,44,48)(H,45,49)(H,46,51)/t22-,24-,27+,30-,39+/m1/s1. The summed E-state index contributed by atoms with van der Waals surface area (Å²) < 4.78 is 12.9. The molecular formula is C39H44N8O7S2. The minimum Gasteiger partial charge on any atom is -0.471 e. The number of ether oxygens (including phenoxy) is 2. The zero-order valence-electron chi connectivity index (χ0n) is 31.3. The lowest BCUT2D eigenvalue weighted by Crippen LogP contribution is -2.60. The predicted molar refractivity (Wildman–Crippen MR) is 209 cm³/mol. The van der Waals surface area contributed by atoms with E-state index >= 15 is 0 Å². The van der Waals surface area contributed by atoms with Crippen LogP contribution < -0.4 is 26.2 Å². The molecule has 5 atom stereocenters. The van der Waals surface area contributed by atoms with Gasteiger partial charge in [0.05, 0.1) is 16.9 Å². The Morgan fingerprint density at radius 1 is 1.00 bits per heavy atom. The van der Waals surface area contributed by atoms with Crippen molar-refractivity contribution in [3.8, 4) is 17.4 Å². The van der Waals surface area contributed by atoms with Crippen LogP contribution in [0.1, 0.15) is 69.0 Å². The Labute approximate surface area is 331 Å². The molecule has 294 valence electrons. The molecule has 0 radical (unpaired) electrons. The summed E-state index contributed by atoms with van der Waals surface area (Å²) in [6.45, 7) is 9.27. The van der Waals surface area contributed by atoms with Crippen LogP contribution in [-0.4, -0.2) is 85.9 Å². The summed E-state index contributed by atoms with van der Waals surface area (Å²) >= 11 is 2.61. The maximum absolute atomic E-state index is 14.7. The second-order valence-corrected chi connectivity index (χ2v) is 17.2. The monoisotopic (exact) mass is 800 g/mol. The molecule has 0 bridgehead atoms. The number of rotatable bonds is 11. The van der Waals surface area contributed by atoms with E-state index < -0.39 is 64.8 Å². The number of hydrogen-bond donors (Lipinski definition) is 4. The zero-order chi connectivity index (χ0) is 39.6. The first-order chi connectivity index (χ1) is 26.9. The van der Waals surface area contributed by atoms with Gasteiger partial charge in [-0.1, -0.05) is 39.0 Å². The molecule has 4 aromatic heterocycles. The van der Waals surface area contributed by atoms with Gasteiger partial charge in [0.15, 0.2) is 5.82 Å². The Balaban J connectivity index is 1.15. The van der Waals surface area contributed by atoms with E-state index in [4.69, 9.17) is 14.5 Å². The van der Waals surface area contributed by atoms with Gasteiger partial charge in [0, 0.05) is 18.5 Å². The van der Waals surface area contributed by atoms with Crippen molar-refractivity contribution < 1.29 is 33.4 Å². The van der Waals surface area contributed by atoms with E-state index in [1.165, 1.54) is 27.6 Å². The maximum atomic E-state index is 14.7. The molecule has 2 saturated carbocycles. The van der Waals surface area contributed by atoms with Gasteiger partial charge in [-0.05, 0) is 72.5 Å². The SMILES string of the molecule is C=C[C@@H]1C[C@@]1(NC(=O)[C@@H]1C[C@@H](Oc2nc(-c3ccccn3)nc3ccsc23)CN1C(=O)[C@@H](NC(=O)OC1CCCC1)C(C)(C)C)C(=O)NNC(=O)c1cccs1. The van der Waals surface area contributed by atoms with Gasteiger partial charge < -0.3 is 25.0 Å². The fourth-order valence-electron chi connectivity index (χ4n) is 7.21. The number of pyridine rings is 1. The number of aromatic nitrogens is 3. The minimum absolute atomic E-state index is 0.0282. The van der Waals surface area contributed by atoms with Crippen molar-refractivity contribution in [2.75, 3.05) is 6.54 Å². The van der Waals surface area contributed by atoms with Crippen LogP contribution in [-0.2, 0) is 19.1 Å². The molecule has 15 nitrogen and oxygen atoms in total. The van der Waals surface area contributed by atoms with Gasteiger partial charge in [-0.3, -0.25) is 35.0 Å². The van der Waals surface area contributed by atoms with E-state index in [1.807, 2.05) is 38.3 Å². The van der Waals surface area contributed by atoms with E-state index in [0.29, 0.717) is 26.6 Å². The molecule has 56 heavy (non-hydrogen) atoms. The van der Waals surface area contributed by atoms with Crippen molar-refractivity contribution in [2.45, 2.75) is 89.1 Å².